The smallest absolute Gasteiger partial charge is 0.306 e. The zero-order chi connectivity index (χ0) is 37.8. The van der Waals surface area contributed by atoms with Gasteiger partial charge in [0.1, 0.15) is 5.78 Å². The van der Waals surface area contributed by atoms with Crippen LogP contribution in [0.15, 0.2) is 11.1 Å². The molecule has 12 atom stereocenters. The van der Waals surface area contributed by atoms with Crippen LogP contribution in [0.25, 0.3) is 0 Å². The molecule has 0 aromatic heterocycles. The van der Waals surface area contributed by atoms with Crippen LogP contribution in [0.5, 0.6) is 0 Å². The number of ketones is 2. The van der Waals surface area contributed by atoms with Gasteiger partial charge in [-0.3, -0.25) is 19.2 Å². The molecule has 6 aliphatic carbocycles. The van der Waals surface area contributed by atoms with Crippen LogP contribution in [-0.4, -0.2) is 49.2 Å². The van der Waals surface area contributed by atoms with E-state index in [1.54, 1.807) is 0 Å². The van der Waals surface area contributed by atoms with E-state index in [1.165, 1.54) is 44.1 Å². The number of carbonyl (C=O) groups is 4. The molecule has 0 radical (unpaired) electrons. The molecule has 0 spiro atoms. The van der Waals surface area contributed by atoms with E-state index in [9.17, 15) is 24.3 Å². The average molecular weight is 709 g/mol. The summed E-state index contributed by atoms with van der Waals surface area (Å²) in [7, 11) is 3.75. The van der Waals surface area contributed by atoms with E-state index in [2.05, 4.69) is 45.3 Å². The predicted octanol–water partition coefficient (Wildman–Crippen LogP) is 8.51. The number of aliphatic carboxylic acids is 1. The van der Waals surface area contributed by atoms with E-state index < -0.39 is 11.4 Å². The SMILES string of the molecule is CC(C)C1=C2C3CCC4C(C)(CCC5C(C)C(CC(=O)C6CC(C(=O)O)C6C)CCC54C)C3CCC2(CCNC(=O)C(C)(C)C)CC1=O.CNC. The number of fused-ring (bicyclic) bond motifs is 7. The molecule has 6 aliphatic rings. The van der Waals surface area contributed by atoms with Gasteiger partial charge < -0.3 is 15.7 Å². The Labute approximate surface area is 309 Å². The summed E-state index contributed by atoms with van der Waals surface area (Å²) >= 11 is 0. The first-order valence-corrected chi connectivity index (χ1v) is 20.7. The van der Waals surface area contributed by atoms with Gasteiger partial charge >= 0.3 is 5.97 Å². The zero-order valence-electron chi connectivity index (χ0n) is 34.0. The number of carboxylic acid groups (broad SMARTS) is 1. The fourth-order valence-corrected chi connectivity index (χ4v) is 13.4. The fourth-order valence-electron chi connectivity index (χ4n) is 13.4. The van der Waals surface area contributed by atoms with E-state index >= 15 is 0 Å². The highest BCUT2D eigenvalue weighted by Crippen LogP contribution is 2.72. The van der Waals surface area contributed by atoms with Crippen molar-refractivity contribution in [2.24, 2.45) is 80.8 Å². The van der Waals surface area contributed by atoms with Gasteiger partial charge in [-0.15, -0.1) is 0 Å². The molecule has 6 rings (SSSR count). The van der Waals surface area contributed by atoms with Crippen molar-refractivity contribution in [1.82, 2.24) is 10.6 Å². The number of carbonyl (C=O) groups excluding carboxylic acids is 3. The molecule has 1 amide bonds. The lowest BCUT2D eigenvalue weighted by atomic mass is 9.37. The van der Waals surface area contributed by atoms with Gasteiger partial charge in [0.25, 0.3) is 0 Å². The summed E-state index contributed by atoms with van der Waals surface area (Å²) in [6, 6.07) is 0. The average Bonchev–Trinajstić information content (AvgIpc) is 3.33. The van der Waals surface area contributed by atoms with Crippen LogP contribution in [0.3, 0.4) is 0 Å². The van der Waals surface area contributed by atoms with Gasteiger partial charge in [-0.1, -0.05) is 67.9 Å². The normalized spacial score (nSPS) is 41.6. The Hall–Kier alpha value is -2.02. The van der Waals surface area contributed by atoms with E-state index in [4.69, 9.17) is 0 Å². The van der Waals surface area contributed by atoms with E-state index in [1.807, 2.05) is 41.8 Å². The highest BCUT2D eigenvalue weighted by atomic mass is 16.4. The van der Waals surface area contributed by atoms with Gasteiger partial charge in [0.15, 0.2) is 5.78 Å². The number of nitrogens with one attached hydrogen (secondary N) is 2. The molecule has 12 unspecified atom stereocenters. The van der Waals surface area contributed by atoms with Crippen molar-refractivity contribution in [3.8, 4) is 0 Å². The third kappa shape index (κ3) is 6.93. The van der Waals surface area contributed by atoms with E-state index in [0.717, 1.165) is 24.8 Å². The van der Waals surface area contributed by atoms with Crippen molar-refractivity contribution in [1.29, 1.82) is 0 Å². The second kappa shape index (κ2) is 14.7. The van der Waals surface area contributed by atoms with Gasteiger partial charge in [-0.2, -0.15) is 0 Å². The minimum absolute atomic E-state index is 0.0392. The molecule has 5 saturated carbocycles. The zero-order valence-corrected chi connectivity index (χ0v) is 34.0. The first-order chi connectivity index (χ1) is 23.8. The number of carboxylic acids is 1. The molecule has 0 bridgehead atoms. The largest absolute Gasteiger partial charge is 0.481 e. The molecule has 0 aliphatic heterocycles. The highest BCUT2D eigenvalue weighted by molar-refractivity contribution is 6.00. The van der Waals surface area contributed by atoms with Crippen molar-refractivity contribution in [3.05, 3.63) is 11.1 Å². The summed E-state index contributed by atoms with van der Waals surface area (Å²) in [5.41, 5.74) is 2.62. The van der Waals surface area contributed by atoms with Crippen molar-refractivity contribution < 1.29 is 24.3 Å². The molecule has 51 heavy (non-hydrogen) atoms. The summed E-state index contributed by atoms with van der Waals surface area (Å²) in [6.07, 6.45) is 12.0. The molecule has 3 N–H and O–H groups in total. The second-order valence-corrected chi connectivity index (χ2v) is 20.1. The van der Waals surface area contributed by atoms with Gasteiger partial charge in [0.2, 0.25) is 5.91 Å². The third-order valence-corrected chi connectivity index (χ3v) is 16.0. The quantitative estimate of drug-likeness (QED) is 0.233. The van der Waals surface area contributed by atoms with Crippen LogP contribution in [0, 0.1) is 80.8 Å². The minimum atomic E-state index is -0.752. The highest BCUT2D eigenvalue weighted by Gasteiger charge is 2.64. The van der Waals surface area contributed by atoms with Crippen LogP contribution in [0.2, 0.25) is 0 Å². The number of allylic oxidation sites excluding steroid dienone is 2. The molecule has 288 valence electrons. The summed E-state index contributed by atoms with van der Waals surface area (Å²) in [5, 5.41) is 15.4. The summed E-state index contributed by atoms with van der Waals surface area (Å²) in [4.78, 5) is 51.5. The summed E-state index contributed by atoms with van der Waals surface area (Å²) < 4.78 is 0. The molecule has 5 fully saturated rings. The van der Waals surface area contributed by atoms with Crippen molar-refractivity contribution in [3.63, 3.8) is 0 Å². The number of Topliss-reactive ketones (excluding diaryl/α,β-unsaturated/α-hetero) is 2. The molecule has 0 aromatic carbocycles. The van der Waals surface area contributed by atoms with Gasteiger partial charge in [-0.05, 0) is 142 Å². The standard InChI is InChI=1S/C42H65NO5.C2H7N/c1-23(2)35-33(45)22-42(18-19-43-38(48)39(5,6)7)17-14-31-27(36(35)42)10-11-34-40(8)15-12-26(24(3)30(40)13-16-41(31,34)9)20-32(44)28-21-29(25(28)4)37(46)47;1-3-2/h23-31,34H,10-22H2,1-9H3,(H,43,48)(H,46,47);3H,1-2H3. The predicted molar refractivity (Wildman–Crippen MR) is 204 cm³/mol. The van der Waals surface area contributed by atoms with Crippen LogP contribution < -0.4 is 10.6 Å². The van der Waals surface area contributed by atoms with E-state index in [-0.39, 0.29) is 45.8 Å². The first-order valence-electron chi connectivity index (χ1n) is 20.7. The maximum absolute atomic E-state index is 13.8. The number of hydrogen-bond acceptors (Lipinski definition) is 5. The van der Waals surface area contributed by atoms with Gasteiger partial charge in [0.05, 0.1) is 5.92 Å². The van der Waals surface area contributed by atoms with Crippen molar-refractivity contribution >= 4 is 23.4 Å². The number of hydrogen-bond donors (Lipinski definition) is 3. The summed E-state index contributed by atoms with van der Waals surface area (Å²) in [5.74, 6) is 3.02. The van der Waals surface area contributed by atoms with Crippen LogP contribution in [-0.2, 0) is 19.2 Å². The Morgan fingerprint density at radius 1 is 0.882 bits per heavy atom. The van der Waals surface area contributed by atoms with Crippen LogP contribution in [0.1, 0.15) is 139 Å². The van der Waals surface area contributed by atoms with E-state index in [0.29, 0.717) is 72.9 Å². The molecule has 7 heteroatoms. The monoisotopic (exact) mass is 709 g/mol. The molecular formula is C44H72N2O5. The molecule has 0 saturated heterocycles. The second-order valence-electron chi connectivity index (χ2n) is 20.1. The molecule has 7 nitrogen and oxygen atoms in total. The Morgan fingerprint density at radius 3 is 2.08 bits per heavy atom. The third-order valence-electron chi connectivity index (χ3n) is 16.0. The van der Waals surface area contributed by atoms with Gasteiger partial charge in [0, 0.05) is 36.1 Å². The Kier molecular flexibility index (Phi) is 11.6. The Bertz CT molecular complexity index is 1390. The Morgan fingerprint density at radius 2 is 1.49 bits per heavy atom. The van der Waals surface area contributed by atoms with Crippen LogP contribution in [0.4, 0.5) is 0 Å². The topological polar surface area (TPSA) is 113 Å². The summed E-state index contributed by atoms with van der Waals surface area (Å²) in [6.45, 7) is 20.5. The van der Waals surface area contributed by atoms with Gasteiger partial charge in [-0.25, -0.2) is 0 Å². The molecule has 0 aromatic rings. The lowest BCUT2D eigenvalue weighted by Crippen LogP contribution is -2.60. The van der Waals surface area contributed by atoms with Crippen molar-refractivity contribution in [2.75, 3.05) is 20.6 Å². The number of amides is 1. The first kappa shape index (κ1) is 40.2. The minimum Gasteiger partial charge on any atom is -0.481 e. The number of rotatable bonds is 8. The van der Waals surface area contributed by atoms with Crippen LogP contribution >= 0.6 is 0 Å². The lowest BCUT2D eigenvalue weighted by molar-refractivity contribution is -0.172. The fraction of sp³-hybridized carbons (Fsp3) is 0.864. The Balaban J connectivity index is 0.00000162. The maximum atomic E-state index is 13.8. The molecular weight excluding hydrogens is 636 g/mol. The molecule has 0 heterocycles. The van der Waals surface area contributed by atoms with Crippen molar-refractivity contribution in [2.45, 2.75) is 139 Å². The lowest BCUT2D eigenvalue weighted by Gasteiger charge is -2.67. The maximum Gasteiger partial charge on any atom is 0.306 e.